The molecule has 0 saturated heterocycles. The molecule has 0 amide bonds. The van der Waals surface area contributed by atoms with Crippen LogP contribution < -0.4 is 0 Å². The number of aromatic hydroxyl groups is 1. The van der Waals surface area contributed by atoms with E-state index in [-0.39, 0.29) is 11.7 Å². The van der Waals surface area contributed by atoms with Gasteiger partial charge in [-0.2, -0.15) is 0 Å². The van der Waals surface area contributed by atoms with Crippen LogP contribution in [-0.4, -0.2) is 10.1 Å². The molecule has 0 aliphatic carbocycles. The molecule has 0 radical (unpaired) electrons. The molecule has 0 unspecified atom stereocenters. The van der Waals surface area contributed by atoms with Gasteiger partial charge in [-0.05, 0) is 17.7 Å². The molecule has 1 aromatic carbocycles. The van der Waals surface area contributed by atoms with Crippen molar-refractivity contribution in [2.75, 3.05) is 0 Å². The van der Waals surface area contributed by atoms with E-state index in [0.717, 1.165) is 10.6 Å². The van der Waals surface area contributed by atoms with E-state index in [1.54, 1.807) is 17.5 Å². The number of halogens is 1. The monoisotopic (exact) mass is 209 g/mol. The first kappa shape index (κ1) is 9.15. The number of benzene rings is 1. The van der Waals surface area contributed by atoms with Crippen molar-refractivity contribution in [3.05, 3.63) is 46.0 Å². The predicted molar refractivity (Wildman–Crippen MR) is 53.0 cm³/mol. The molecule has 0 bridgehead atoms. The second-order valence-electron chi connectivity index (χ2n) is 2.90. The highest BCUT2D eigenvalue weighted by atomic mass is 32.1. The zero-order valence-electron chi connectivity index (χ0n) is 7.27. The maximum atomic E-state index is 12.6. The highest BCUT2D eigenvalue weighted by Gasteiger charge is 2.01. The smallest absolute Gasteiger partial charge is 0.222 e. The van der Waals surface area contributed by atoms with E-state index in [1.807, 2.05) is 0 Å². The summed E-state index contributed by atoms with van der Waals surface area (Å²) in [4.78, 5) is 3.91. The van der Waals surface area contributed by atoms with Gasteiger partial charge in [-0.1, -0.05) is 12.1 Å². The Morgan fingerprint density at radius 3 is 2.57 bits per heavy atom. The van der Waals surface area contributed by atoms with Gasteiger partial charge in [0.05, 0.1) is 5.38 Å². The van der Waals surface area contributed by atoms with Crippen molar-refractivity contribution in [2.45, 2.75) is 6.42 Å². The summed E-state index contributed by atoms with van der Waals surface area (Å²) in [5.74, 6) is -0.192. The lowest BCUT2D eigenvalue weighted by atomic mass is 10.2. The van der Waals surface area contributed by atoms with Crippen molar-refractivity contribution >= 4 is 11.3 Å². The van der Waals surface area contributed by atoms with Crippen LogP contribution in [0.1, 0.15) is 10.6 Å². The van der Waals surface area contributed by atoms with Gasteiger partial charge in [0.1, 0.15) is 10.8 Å². The Morgan fingerprint density at radius 2 is 2.00 bits per heavy atom. The number of thiazole rings is 1. The van der Waals surface area contributed by atoms with Crippen LogP contribution in [0.5, 0.6) is 5.88 Å². The average molecular weight is 209 g/mol. The molecule has 1 N–H and O–H groups in total. The van der Waals surface area contributed by atoms with E-state index >= 15 is 0 Å². The quantitative estimate of drug-likeness (QED) is 0.824. The topological polar surface area (TPSA) is 33.1 Å². The van der Waals surface area contributed by atoms with Crippen LogP contribution in [0, 0.1) is 5.82 Å². The minimum atomic E-state index is -0.240. The molecule has 0 fully saturated rings. The van der Waals surface area contributed by atoms with E-state index in [2.05, 4.69) is 4.98 Å². The minimum Gasteiger partial charge on any atom is -0.493 e. The second kappa shape index (κ2) is 3.75. The van der Waals surface area contributed by atoms with Crippen molar-refractivity contribution in [3.63, 3.8) is 0 Å². The fourth-order valence-corrected chi connectivity index (χ4v) is 1.85. The molecular formula is C10H8FNOS. The van der Waals surface area contributed by atoms with Gasteiger partial charge in [0, 0.05) is 6.42 Å². The predicted octanol–water partition coefficient (Wildman–Crippen LogP) is 2.58. The number of nitrogens with zero attached hydrogens (tertiary/aromatic N) is 1. The van der Waals surface area contributed by atoms with Gasteiger partial charge in [0.25, 0.3) is 0 Å². The normalized spacial score (nSPS) is 10.4. The Bertz CT molecular complexity index is 424. The number of hydrogen-bond acceptors (Lipinski definition) is 3. The summed E-state index contributed by atoms with van der Waals surface area (Å²) >= 11 is 1.39. The van der Waals surface area contributed by atoms with Crippen molar-refractivity contribution in [1.29, 1.82) is 0 Å². The summed E-state index contributed by atoms with van der Waals surface area (Å²) in [7, 11) is 0. The van der Waals surface area contributed by atoms with E-state index < -0.39 is 0 Å². The van der Waals surface area contributed by atoms with E-state index in [1.165, 1.54) is 23.5 Å². The summed E-state index contributed by atoms with van der Waals surface area (Å²) < 4.78 is 12.6. The minimum absolute atomic E-state index is 0.0483. The molecule has 2 aromatic rings. The first-order chi connectivity index (χ1) is 6.74. The zero-order chi connectivity index (χ0) is 9.97. The number of aromatic nitrogens is 1. The molecular weight excluding hydrogens is 201 g/mol. The van der Waals surface area contributed by atoms with Crippen LogP contribution >= 0.6 is 11.3 Å². The molecule has 2 nitrogen and oxygen atoms in total. The van der Waals surface area contributed by atoms with Crippen molar-refractivity contribution in [3.8, 4) is 5.88 Å². The summed E-state index contributed by atoms with van der Waals surface area (Å²) in [5, 5.41) is 11.4. The number of hydrogen-bond donors (Lipinski definition) is 1. The van der Waals surface area contributed by atoms with E-state index in [4.69, 9.17) is 5.11 Å². The van der Waals surface area contributed by atoms with Gasteiger partial charge in [0.15, 0.2) is 0 Å². The first-order valence-electron chi connectivity index (χ1n) is 4.12. The van der Waals surface area contributed by atoms with Crippen LogP contribution in [0.2, 0.25) is 0 Å². The number of rotatable bonds is 2. The first-order valence-corrected chi connectivity index (χ1v) is 5.00. The molecule has 14 heavy (non-hydrogen) atoms. The molecule has 4 heteroatoms. The maximum Gasteiger partial charge on any atom is 0.222 e. The average Bonchev–Trinajstić information content (AvgIpc) is 2.56. The molecule has 0 atom stereocenters. The van der Waals surface area contributed by atoms with Crippen LogP contribution in [0.25, 0.3) is 0 Å². The Labute approximate surface area is 84.7 Å². The van der Waals surface area contributed by atoms with Crippen LogP contribution in [0.4, 0.5) is 4.39 Å². The van der Waals surface area contributed by atoms with E-state index in [0.29, 0.717) is 6.42 Å². The van der Waals surface area contributed by atoms with Crippen molar-refractivity contribution in [2.24, 2.45) is 0 Å². The second-order valence-corrected chi connectivity index (χ2v) is 3.85. The van der Waals surface area contributed by atoms with Crippen LogP contribution in [0.3, 0.4) is 0 Å². The Kier molecular flexibility index (Phi) is 2.45. The summed E-state index contributed by atoms with van der Waals surface area (Å²) in [6.45, 7) is 0. The largest absolute Gasteiger partial charge is 0.493 e. The third-order valence-electron chi connectivity index (χ3n) is 1.81. The lowest BCUT2D eigenvalue weighted by Crippen LogP contribution is -1.86. The van der Waals surface area contributed by atoms with Gasteiger partial charge in [-0.15, -0.1) is 11.3 Å². The third-order valence-corrected chi connectivity index (χ3v) is 2.64. The molecule has 0 saturated carbocycles. The fraction of sp³-hybridized carbons (Fsp3) is 0.100. The molecule has 0 spiro atoms. The zero-order valence-corrected chi connectivity index (χ0v) is 8.09. The molecule has 2 rings (SSSR count). The highest BCUT2D eigenvalue weighted by molar-refractivity contribution is 7.09. The molecule has 1 aromatic heterocycles. The summed E-state index contributed by atoms with van der Waals surface area (Å²) in [6.07, 6.45) is 0.630. The Balaban J connectivity index is 2.15. The Hall–Kier alpha value is -1.42. The third kappa shape index (κ3) is 2.09. The molecule has 0 aliphatic rings. The SMILES string of the molecule is Oc1csc(Cc2ccc(F)cc2)n1. The molecule has 72 valence electrons. The maximum absolute atomic E-state index is 12.6. The van der Waals surface area contributed by atoms with Crippen molar-refractivity contribution in [1.82, 2.24) is 4.98 Å². The van der Waals surface area contributed by atoms with Crippen LogP contribution in [-0.2, 0) is 6.42 Å². The van der Waals surface area contributed by atoms with Gasteiger partial charge < -0.3 is 5.11 Å². The van der Waals surface area contributed by atoms with Gasteiger partial charge in [-0.3, -0.25) is 0 Å². The van der Waals surface area contributed by atoms with Gasteiger partial charge in [-0.25, -0.2) is 9.37 Å². The lowest BCUT2D eigenvalue weighted by molar-refractivity contribution is 0.456. The lowest BCUT2D eigenvalue weighted by Gasteiger charge is -1.96. The molecule has 0 aliphatic heterocycles. The van der Waals surface area contributed by atoms with Gasteiger partial charge in [0.2, 0.25) is 5.88 Å². The van der Waals surface area contributed by atoms with Crippen molar-refractivity contribution < 1.29 is 9.50 Å². The van der Waals surface area contributed by atoms with Crippen LogP contribution in [0.15, 0.2) is 29.6 Å². The van der Waals surface area contributed by atoms with E-state index in [9.17, 15) is 4.39 Å². The molecule has 1 heterocycles. The fourth-order valence-electron chi connectivity index (χ4n) is 1.16. The van der Waals surface area contributed by atoms with Gasteiger partial charge >= 0.3 is 0 Å². The summed E-state index contributed by atoms with van der Waals surface area (Å²) in [6, 6.07) is 6.27. The Morgan fingerprint density at radius 1 is 1.29 bits per heavy atom. The standard InChI is InChI=1S/C10H8FNOS/c11-8-3-1-7(2-4-8)5-10-12-9(13)6-14-10/h1-4,6,13H,5H2. The summed E-state index contributed by atoms with van der Waals surface area (Å²) in [5.41, 5.74) is 0.987. The highest BCUT2D eigenvalue weighted by Crippen LogP contribution is 2.18.